The molecule has 5 heteroatoms. The molecule has 0 aromatic heterocycles. The number of carbonyl (C=O) groups excluding carboxylic acids is 1. The number of nitrogen functional groups attached to an aromatic ring is 1. The van der Waals surface area contributed by atoms with E-state index in [2.05, 4.69) is 21.2 Å². The summed E-state index contributed by atoms with van der Waals surface area (Å²) in [6.07, 6.45) is 0.693. The molecule has 0 aliphatic carbocycles. The summed E-state index contributed by atoms with van der Waals surface area (Å²) >= 11 is 3.26. The summed E-state index contributed by atoms with van der Waals surface area (Å²) in [4.78, 5) is 11.8. The second kappa shape index (κ2) is 5.86. The molecule has 4 N–H and O–H groups in total. The molecule has 0 aliphatic heterocycles. The highest BCUT2D eigenvalue weighted by Gasteiger charge is 2.11. The van der Waals surface area contributed by atoms with Crippen LogP contribution in [0.3, 0.4) is 0 Å². The van der Waals surface area contributed by atoms with Crippen molar-refractivity contribution in [1.29, 1.82) is 0 Å². The van der Waals surface area contributed by atoms with Crippen molar-refractivity contribution in [1.82, 2.24) is 5.32 Å². The first-order valence-corrected chi connectivity index (χ1v) is 5.84. The number of aliphatic hydroxyl groups excluding tert-OH is 1. The van der Waals surface area contributed by atoms with Gasteiger partial charge in [0.05, 0.1) is 12.6 Å². The summed E-state index contributed by atoms with van der Waals surface area (Å²) in [5, 5.41) is 11.7. The quantitative estimate of drug-likeness (QED) is 0.735. The van der Waals surface area contributed by atoms with E-state index in [4.69, 9.17) is 10.8 Å². The molecular formula is C11H15BrN2O2. The van der Waals surface area contributed by atoms with E-state index in [0.29, 0.717) is 22.1 Å². The molecule has 0 saturated carbocycles. The summed E-state index contributed by atoms with van der Waals surface area (Å²) in [6.45, 7) is 1.85. The minimum Gasteiger partial charge on any atom is -0.398 e. The molecule has 0 fully saturated rings. The van der Waals surface area contributed by atoms with Crippen LogP contribution in [0, 0.1) is 0 Å². The molecule has 0 saturated heterocycles. The summed E-state index contributed by atoms with van der Waals surface area (Å²) in [5.41, 5.74) is 6.73. The van der Waals surface area contributed by atoms with Crippen molar-refractivity contribution in [3.05, 3.63) is 28.2 Å². The molecule has 1 aromatic rings. The molecule has 0 radical (unpaired) electrons. The second-order valence-corrected chi connectivity index (χ2v) is 4.35. The molecule has 1 amide bonds. The maximum Gasteiger partial charge on any atom is 0.251 e. The van der Waals surface area contributed by atoms with Gasteiger partial charge in [0, 0.05) is 15.7 Å². The number of amides is 1. The van der Waals surface area contributed by atoms with E-state index in [1.165, 1.54) is 0 Å². The van der Waals surface area contributed by atoms with Gasteiger partial charge in [0.15, 0.2) is 0 Å². The standard InChI is InChI=1S/C11H15BrN2O2/c1-2-8(6-15)14-11(16)7-3-4-10(13)9(12)5-7/h3-5,8,15H,2,6,13H2,1H3,(H,14,16). The van der Waals surface area contributed by atoms with Crippen LogP contribution in [0.1, 0.15) is 23.7 Å². The van der Waals surface area contributed by atoms with Crippen LogP contribution in [0.15, 0.2) is 22.7 Å². The zero-order valence-electron chi connectivity index (χ0n) is 9.03. The maximum absolute atomic E-state index is 11.8. The fourth-order valence-electron chi connectivity index (χ4n) is 1.21. The number of nitrogens with two attached hydrogens (primary N) is 1. The number of nitrogens with one attached hydrogen (secondary N) is 1. The molecule has 0 spiro atoms. The molecule has 4 nitrogen and oxygen atoms in total. The lowest BCUT2D eigenvalue weighted by atomic mass is 10.1. The topological polar surface area (TPSA) is 75.3 Å². The SMILES string of the molecule is CCC(CO)NC(=O)c1ccc(N)c(Br)c1. The molecular weight excluding hydrogens is 272 g/mol. The summed E-state index contributed by atoms with van der Waals surface area (Å²) in [6, 6.07) is 4.77. The van der Waals surface area contributed by atoms with Gasteiger partial charge in [-0.3, -0.25) is 4.79 Å². The first-order valence-electron chi connectivity index (χ1n) is 5.05. The number of halogens is 1. The Morgan fingerprint density at radius 3 is 2.81 bits per heavy atom. The van der Waals surface area contributed by atoms with Crippen molar-refractivity contribution in [2.75, 3.05) is 12.3 Å². The minimum atomic E-state index is -0.207. The zero-order valence-corrected chi connectivity index (χ0v) is 10.6. The third kappa shape index (κ3) is 3.21. The normalized spacial score (nSPS) is 12.2. The Balaban J connectivity index is 2.76. The van der Waals surface area contributed by atoms with Crippen LogP contribution < -0.4 is 11.1 Å². The van der Waals surface area contributed by atoms with Crippen molar-refractivity contribution < 1.29 is 9.90 Å². The van der Waals surface area contributed by atoms with Crippen molar-refractivity contribution in [2.45, 2.75) is 19.4 Å². The average molecular weight is 287 g/mol. The number of rotatable bonds is 4. The number of carbonyl (C=O) groups is 1. The number of anilines is 1. The lowest BCUT2D eigenvalue weighted by Gasteiger charge is -2.14. The number of hydrogen-bond acceptors (Lipinski definition) is 3. The Hall–Kier alpha value is -1.07. The van der Waals surface area contributed by atoms with Gasteiger partial charge >= 0.3 is 0 Å². The molecule has 1 rings (SSSR count). The smallest absolute Gasteiger partial charge is 0.251 e. The largest absolute Gasteiger partial charge is 0.398 e. The van der Waals surface area contributed by atoms with Crippen LogP contribution in [0.2, 0.25) is 0 Å². The van der Waals surface area contributed by atoms with Crippen LogP contribution in [-0.4, -0.2) is 23.7 Å². The lowest BCUT2D eigenvalue weighted by Crippen LogP contribution is -2.36. The third-order valence-corrected chi connectivity index (χ3v) is 3.00. The Bertz CT molecular complexity index is 378. The highest BCUT2D eigenvalue weighted by Crippen LogP contribution is 2.20. The van der Waals surface area contributed by atoms with Gasteiger partial charge in [0.2, 0.25) is 0 Å². The summed E-state index contributed by atoms with van der Waals surface area (Å²) in [5.74, 6) is -0.207. The molecule has 88 valence electrons. The third-order valence-electron chi connectivity index (χ3n) is 2.31. The van der Waals surface area contributed by atoms with Gasteiger partial charge in [-0.25, -0.2) is 0 Å². The molecule has 0 heterocycles. The van der Waals surface area contributed by atoms with E-state index in [0.717, 1.165) is 0 Å². The second-order valence-electron chi connectivity index (χ2n) is 3.50. The fourth-order valence-corrected chi connectivity index (χ4v) is 1.59. The van der Waals surface area contributed by atoms with E-state index < -0.39 is 0 Å². The average Bonchev–Trinajstić information content (AvgIpc) is 2.29. The van der Waals surface area contributed by atoms with Gasteiger partial charge in [-0.15, -0.1) is 0 Å². The van der Waals surface area contributed by atoms with Crippen LogP contribution in [0.4, 0.5) is 5.69 Å². The van der Waals surface area contributed by atoms with Gasteiger partial charge in [-0.1, -0.05) is 6.92 Å². The molecule has 0 bridgehead atoms. The summed E-state index contributed by atoms with van der Waals surface area (Å²) in [7, 11) is 0. The van der Waals surface area contributed by atoms with Crippen LogP contribution in [0.5, 0.6) is 0 Å². The molecule has 16 heavy (non-hydrogen) atoms. The monoisotopic (exact) mass is 286 g/mol. The minimum absolute atomic E-state index is 0.0572. The Kier molecular flexibility index (Phi) is 4.76. The number of hydrogen-bond donors (Lipinski definition) is 3. The van der Waals surface area contributed by atoms with Crippen molar-refractivity contribution >= 4 is 27.5 Å². The number of benzene rings is 1. The predicted octanol–water partition coefficient (Wildman–Crippen LogP) is 1.53. The van der Waals surface area contributed by atoms with Gasteiger partial charge in [0.1, 0.15) is 0 Å². The first kappa shape index (κ1) is 13.0. The molecule has 0 aliphatic rings. The number of aliphatic hydroxyl groups is 1. The van der Waals surface area contributed by atoms with Gasteiger partial charge in [-0.05, 0) is 40.5 Å². The lowest BCUT2D eigenvalue weighted by molar-refractivity contribution is 0.0915. The van der Waals surface area contributed by atoms with E-state index >= 15 is 0 Å². The van der Waals surface area contributed by atoms with Crippen LogP contribution in [-0.2, 0) is 0 Å². The Morgan fingerprint density at radius 1 is 1.62 bits per heavy atom. The fraction of sp³-hybridized carbons (Fsp3) is 0.364. The van der Waals surface area contributed by atoms with Crippen molar-refractivity contribution in [3.63, 3.8) is 0 Å². The van der Waals surface area contributed by atoms with E-state index in [1.54, 1.807) is 18.2 Å². The van der Waals surface area contributed by atoms with E-state index in [-0.39, 0.29) is 18.6 Å². The zero-order chi connectivity index (χ0) is 12.1. The van der Waals surface area contributed by atoms with Gasteiger partial charge in [0.25, 0.3) is 5.91 Å². The van der Waals surface area contributed by atoms with Crippen LogP contribution >= 0.6 is 15.9 Å². The molecule has 1 unspecified atom stereocenters. The Morgan fingerprint density at radius 2 is 2.31 bits per heavy atom. The van der Waals surface area contributed by atoms with Crippen LogP contribution in [0.25, 0.3) is 0 Å². The first-order chi connectivity index (χ1) is 7.58. The highest BCUT2D eigenvalue weighted by atomic mass is 79.9. The molecule has 1 atom stereocenters. The molecule has 1 aromatic carbocycles. The van der Waals surface area contributed by atoms with Gasteiger partial charge in [-0.2, -0.15) is 0 Å². The predicted molar refractivity (Wildman–Crippen MR) is 67.2 cm³/mol. The maximum atomic E-state index is 11.8. The van der Waals surface area contributed by atoms with Crippen molar-refractivity contribution in [3.8, 4) is 0 Å². The Labute approximate surface area is 103 Å². The van der Waals surface area contributed by atoms with E-state index in [1.807, 2.05) is 6.92 Å². The summed E-state index contributed by atoms with van der Waals surface area (Å²) < 4.78 is 0.692. The van der Waals surface area contributed by atoms with Gasteiger partial charge < -0.3 is 16.2 Å². The van der Waals surface area contributed by atoms with E-state index in [9.17, 15) is 4.79 Å². The van der Waals surface area contributed by atoms with Crippen molar-refractivity contribution in [2.24, 2.45) is 0 Å². The highest BCUT2D eigenvalue weighted by molar-refractivity contribution is 9.10.